The number of nitrogens with zero attached hydrogens (tertiary/aromatic N) is 2. The quantitative estimate of drug-likeness (QED) is 0.762. The highest BCUT2D eigenvalue weighted by atomic mass is 16.5. The van der Waals surface area contributed by atoms with E-state index in [4.69, 9.17) is 4.74 Å². The summed E-state index contributed by atoms with van der Waals surface area (Å²) in [5, 5.41) is 4.67. The topological polar surface area (TPSA) is 39.1 Å². The molecule has 0 aromatic carbocycles. The van der Waals surface area contributed by atoms with Crippen molar-refractivity contribution in [2.75, 3.05) is 20.3 Å². The Labute approximate surface area is 108 Å². The fourth-order valence-electron chi connectivity index (χ4n) is 2.10. The molecule has 1 N–H and O–H groups in total. The van der Waals surface area contributed by atoms with Gasteiger partial charge >= 0.3 is 0 Å². The second kappa shape index (κ2) is 6.52. The molecule has 0 saturated carbocycles. The molecule has 0 atom stereocenters. The molecule has 0 spiro atoms. The molecule has 0 bridgehead atoms. The Morgan fingerprint density at radius 2 is 2.33 bits per heavy atom. The van der Waals surface area contributed by atoms with Crippen molar-refractivity contribution in [3.8, 4) is 0 Å². The molecule has 0 saturated heterocycles. The van der Waals surface area contributed by atoms with Gasteiger partial charge in [-0.3, -0.25) is 0 Å². The molecule has 0 radical (unpaired) electrons. The summed E-state index contributed by atoms with van der Waals surface area (Å²) in [7, 11) is 1.73. The number of pyridine rings is 1. The van der Waals surface area contributed by atoms with Crippen LogP contribution in [0.3, 0.4) is 0 Å². The third kappa shape index (κ3) is 2.89. The van der Waals surface area contributed by atoms with Crippen LogP contribution in [0.1, 0.15) is 18.9 Å². The number of ether oxygens (including phenoxy) is 1. The molecule has 2 heterocycles. The summed E-state index contributed by atoms with van der Waals surface area (Å²) in [6.45, 7) is 5.68. The van der Waals surface area contributed by atoms with Crippen molar-refractivity contribution in [3.05, 3.63) is 30.1 Å². The molecular weight excluding hydrogens is 226 g/mol. The number of hydrogen-bond acceptors (Lipinski definition) is 3. The summed E-state index contributed by atoms with van der Waals surface area (Å²) < 4.78 is 7.31. The van der Waals surface area contributed by atoms with Crippen LogP contribution >= 0.6 is 0 Å². The Kier molecular flexibility index (Phi) is 4.73. The van der Waals surface area contributed by atoms with Crippen molar-refractivity contribution < 1.29 is 4.74 Å². The Bertz CT molecular complexity index is 493. The maximum absolute atomic E-state index is 5.14. The van der Waals surface area contributed by atoms with Gasteiger partial charge in [-0.2, -0.15) is 0 Å². The molecule has 2 aromatic heterocycles. The van der Waals surface area contributed by atoms with Gasteiger partial charge in [0.05, 0.1) is 6.61 Å². The van der Waals surface area contributed by atoms with Crippen molar-refractivity contribution in [1.29, 1.82) is 0 Å². The highest BCUT2D eigenvalue weighted by molar-refractivity contribution is 5.80. The van der Waals surface area contributed by atoms with Gasteiger partial charge in [-0.05, 0) is 30.7 Å². The van der Waals surface area contributed by atoms with Crippen molar-refractivity contribution >= 4 is 11.0 Å². The second-order valence-corrected chi connectivity index (χ2v) is 4.39. The van der Waals surface area contributed by atoms with E-state index in [0.717, 1.165) is 31.7 Å². The molecule has 2 rings (SSSR count). The van der Waals surface area contributed by atoms with Gasteiger partial charge in [0, 0.05) is 38.0 Å². The minimum absolute atomic E-state index is 0.710. The van der Waals surface area contributed by atoms with E-state index in [0.29, 0.717) is 6.61 Å². The van der Waals surface area contributed by atoms with E-state index >= 15 is 0 Å². The van der Waals surface area contributed by atoms with Crippen LogP contribution in [0.25, 0.3) is 11.0 Å². The summed E-state index contributed by atoms with van der Waals surface area (Å²) >= 11 is 0. The molecular formula is C14H21N3O. The lowest BCUT2D eigenvalue weighted by Gasteiger charge is -2.02. The summed E-state index contributed by atoms with van der Waals surface area (Å²) in [5.41, 5.74) is 2.35. The number of nitrogens with one attached hydrogen (secondary N) is 1. The maximum atomic E-state index is 5.14. The average Bonchev–Trinajstić information content (AvgIpc) is 2.76. The van der Waals surface area contributed by atoms with Crippen LogP contribution in [0.4, 0.5) is 0 Å². The van der Waals surface area contributed by atoms with E-state index in [1.54, 1.807) is 7.11 Å². The van der Waals surface area contributed by atoms with Gasteiger partial charge in [-0.25, -0.2) is 4.98 Å². The number of rotatable bonds is 7. The fraction of sp³-hybridized carbons (Fsp3) is 0.500. The van der Waals surface area contributed by atoms with Crippen LogP contribution in [0, 0.1) is 0 Å². The molecule has 0 aliphatic carbocycles. The van der Waals surface area contributed by atoms with Gasteiger partial charge in [0.2, 0.25) is 0 Å². The van der Waals surface area contributed by atoms with Crippen molar-refractivity contribution in [1.82, 2.24) is 14.9 Å². The lowest BCUT2D eigenvalue weighted by Crippen LogP contribution is -2.13. The lowest BCUT2D eigenvalue weighted by atomic mass is 10.2. The van der Waals surface area contributed by atoms with Crippen LogP contribution in [0.2, 0.25) is 0 Å². The fourth-order valence-corrected chi connectivity index (χ4v) is 2.10. The third-order valence-corrected chi connectivity index (χ3v) is 2.99. The van der Waals surface area contributed by atoms with Gasteiger partial charge in [-0.15, -0.1) is 0 Å². The molecule has 0 fully saturated rings. The predicted octanol–water partition coefficient (Wildman–Crippen LogP) is 2.18. The highest BCUT2D eigenvalue weighted by Crippen LogP contribution is 2.19. The van der Waals surface area contributed by atoms with E-state index in [1.807, 2.05) is 12.3 Å². The normalized spacial score (nSPS) is 11.2. The van der Waals surface area contributed by atoms with Crippen molar-refractivity contribution in [2.24, 2.45) is 0 Å². The van der Waals surface area contributed by atoms with Gasteiger partial charge in [0.15, 0.2) is 0 Å². The molecule has 4 heteroatoms. The first-order valence-corrected chi connectivity index (χ1v) is 6.49. The molecule has 98 valence electrons. The Balaban J connectivity index is 2.23. The maximum Gasteiger partial charge on any atom is 0.140 e. The molecule has 0 aliphatic heterocycles. The average molecular weight is 247 g/mol. The summed E-state index contributed by atoms with van der Waals surface area (Å²) in [6.07, 6.45) is 5.18. The van der Waals surface area contributed by atoms with Gasteiger partial charge in [0.1, 0.15) is 5.65 Å². The first-order valence-electron chi connectivity index (χ1n) is 6.49. The first kappa shape index (κ1) is 13.1. The van der Waals surface area contributed by atoms with E-state index in [-0.39, 0.29) is 0 Å². The summed E-state index contributed by atoms with van der Waals surface area (Å²) in [4.78, 5) is 4.46. The van der Waals surface area contributed by atoms with E-state index in [2.05, 4.69) is 34.1 Å². The van der Waals surface area contributed by atoms with Gasteiger partial charge in [-0.1, -0.05) is 6.92 Å². The Morgan fingerprint density at radius 3 is 3.11 bits per heavy atom. The molecule has 0 aliphatic rings. The van der Waals surface area contributed by atoms with Crippen molar-refractivity contribution in [2.45, 2.75) is 26.4 Å². The molecule has 4 nitrogen and oxygen atoms in total. The van der Waals surface area contributed by atoms with E-state index in [9.17, 15) is 0 Å². The van der Waals surface area contributed by atoms with E-state index < -0.39 is 0 Å². The minimum Gasteiger partial charge on any atom is -0.383 e. The zero-order chi connectivity index (χ0) is 12.8. The first-order chi connectivity index (χ1) is 8.86. The van der Waals surface area contributed by atoms with Crippen LogP contribution < -0.4 is 5.32 Å². The van der Waals surface area contributed by atoms with Gasteiger partial charge < -0.3 is 14.6 Å². The zero-order valence-corrected chi connectivity index (χ0v) is 11.1. The van der Waals surface area contributed by atoms with Gasteiger partial charge in [0.25, 0.3) is 0 Å². The number of aromatic nitrogens is 2. The smallest absolute Gasteiger partial charge is 0.140 e. The highest BCUT2D eigenvalue weighted by Gasteiger charge is 2.08. The number of fused-ring (bicyclic) bond motifs is 1. The second-order valence-electron chi connectivity index (χ2n) is 4.39. The van der Waals surface area contributed by atoms with Crippen LogP contribution in [-0.4, -0.2) is 29.8 Å². The Morgan fingerprint density at radius 1 is 1.44 bits per heavy atom. The number of hydrogen-bond donors (Lipinski definition) is 1. The van der Waals surface area contributed by atoms with Crippen molar-refractivity contribution in [3.63, 3.8) is 0 Å². The minimum atomic E-state index is 0.710. The predicted molar refractivity (Wildman–Crippen MR) is 73.6 cm³/mol. The Hall–Kier alpha value is -1.39. The summed E-state index contributed by atoms with van der Waals surface area (Å²) in [6, 6.07) is 4.13. The molecule has 2 aromatic rings. The summed E-state index contributed by atoms with van der Waals surface area (Å²) in [5.74, 6) is 0. The molecule has 0 amide bonds. The molecule has 18 heavy (non-hydrogen) atoms. The lowest BCUT2D eigenvalue weighted by molar-refractivity contribution is 0.188. The molecule has 0 unspecified atom stereocenters. The number of methoxy groups -OCH3 is 1. The van der Waals surface area contributed by atoms with Crippen LogP contribution in [0.5, 0.6) is 0 Å². The largest absolute Gasteiger partial charge is 0.383 e. The van der Waals surface area contributed by atoms with E-state index in [1.165, 1.54) is 10.9 Å². The van der Waals surface area contributed by atoms with Crippen LogP contribution in [0.15, 0.2) is 24.5 Å². The zero-order valence-electron chi connectivity index (χ0n) is 11.1. The standard InChI is InChI=1S/C14H21N3O/c1-3-6-15-10-12-11-17(8-9-18-2)14-13(12)5-4-7-16-14/h4-5,7,11,15H,3,6,8-10H2,1-2H3. The third-order valence-electron chi connectivity index (χ3n) is 2.99. The van der Waals surface area contributed by atoms with Crippen LogP contribution in [-0.2, 0) is 17.8 Å². The monoisotopic (exact) mass is 247 g/mol. The SMILES string of the molecule is CCCNCc1cn(CCOC)c2ncccc12.